The van der Waals surface area contributed by atoms with E-state index in [-0.39, 0.29) is 12.4 Å². The lowest BCUT2D eigenvalue weighted by Gasteiger charge is -2.43. The van der Waals surface area contributed by atoms with E-state index in [1.807, 2.05) is 0 Å². The number of carbonyl (C=O) groups is 2. The van der Waals surface area contributed by atoms with Gasteiger partial charge < -0.3 is 45.3 Å². The number of aromatic amines is 1. The van der Waals surface area contributed by atoms with Crippen LogP contribution in [0.4, 0.5) is 10.6 Å². The van der Waals surface area contributed by atoms with Gasteiger partial charge >= 0.3 is 6.09 Å². The van der Waals surface area contributed by atoms with Crippen LogP contribution in [0.3, 0.4) is 0 Å². The number of likely N-dealkylation sites (tertiary alicyclic amines) is 1. The SMILES string of the molecule is CC(C)(C)OC(=O)N1CC[C@H](C(=O)N[C@@H]2[C@@H](O)[C@H](O)[C@@H](Nc3ncnc4nc[nH]c34)O[C@H]2CO)C1. The van der Waals surface area contributed by atoms with E-state index in [0.717, 1.165) is 0 Å². The molecule has 2 amide bonds. The molecule has 6 atom stereocenters. The summed E-state index contributed by atoms with van der Waals surface area (Å²) in [5, 5.41) is 36.9. The van der Waals surface area contributed by atoms with Gasteiger partial charge in [-0.05, 0) is 27.2 Å². The minimum absolute atomic E-state index is 0.162. The van der Waals surface area contributed by atoms with E-state index in [1.165, 1.54) is 17.6 Å². The number of fused-ring (bicyclic) bond motifs is 1. The first-order valence-electron chi connectivity index (χ1n) is 11.4. The van der Waals surface area contributed by atoms with Gasteiger partial charge in [0, 0.05) is 13.1 Å². The zero-order valence-corrected chi connectivity index (χ0v) is 19.7. The van der Waals surface area contributed by atoms with E-state index < -0.39 is 60.7 Å². The molecular weight excluding hydrogens is 462 g/mol. The third-order valence-corrected chi connectivity index (χ3v) is 5.95. The molecule has 0 radical (unpaired) electrons. The van der Waals surface area contributed by atoms with Gasteiger partial charge in [-0.25, -0.2) is 19.7 Å². The van der Waals surface area contributed by atoms with Crippen LogP contribution in [0.15, 0.2) is 12.7 Å². The number of rotatable bonds is 5. The van der Waals surface area contributed by atoms with Crippen LogP contribution < -0.4 is 10.6 Å². The Morgan fingerprint density at radius 3 is 2.74 bits per heavy atom. The first-order chi connectivity index (χ1) is 16.6. The molecule has 2 fully saturated rings. The largest absolute Gasteiger partial charge is 0.444 e. The first-order valence-corrected chi connectivity index (χ1v) is 11.4. The Balaban J connectivity index is 1.39. The maximum atomic E-state index is 12.9. The summed E-state index contributed by atoms with van der Waals surface area (Å²) in [6.45, 7) is 5.29. The third-order valence-electron chi connectivity index (χ3n) is 5.95. The van der Waals surface area contributed by atoms with E-state index in [9.17, 15) is 24.9 Å². The Morgan fingerprint density at radius 1 is 1.26 bits per heavy atom. The normalized spacial score (nSPS) is 29.3. The van der Waals surface area contributed by atoms with Crippen LogP contribution in [0, 0.1) is 5.92 Å². The van der Waals surface area contributed by atoms with Crippen molar-refractivity contribution in [3.63, 3.8) is 0 Å². The number of amides is 2. The van der Waals surface area contributed by atoms with Crippen molar-refractivity contribution in [2.75, 3.05) is 25.0 Å². The summed E-state index contributed by atoms with van der Waals surface area (Å²) in [5.41, 5.74) is 0.226. The highest BCUT2D eigenvalue weighted by Crippen LogP contribution is 2.26. The van der Waals surface area contributed by atoms with Gasteiger partial charge in [-0.3, -0.25) is 4.79 Å². The number of nitrogens with zero attached hydrogens (tertiary/aromatic N) is 4. The highest BCUT2D eigenvalue weighted by molar-refractivity contribution is 5.82. The summed E-state index contributed by atoms with van der Waals surface area (Å²) in [6, 6.07) is -1.08. The number of aliphatic hydroxyl groups excluding tert-OH is 3. The molecule has 14 nitrogen and oxygen atoms in total. The van der Waals surface area contributed by atoms with E-state index >= 15 is 0 Å². The van der Waals surface area contributed by atoms with Crippen LogP contribution in [-0.2, 0) is 14.3 Å². The fraction of sp³-hybridized carbons (Fsp3) is 0.667. The van der Waals surface area contributed by atoms with E-state index in [4.69, 9.17) is 9.47 Å². The van der Waals surface area contributed by atoms with Crippen molar-refractivity contribution < 1.29 is 34.4 Å². The predicted molar refractivity (Wildman–Crippen MR) is 121 cm³/mol. The molecule has 35 heavy (non-hydrogen) atoms. The Labute approximate surface area is 201 Å². The molecule has 0 aromatic carbocycles. The molecule has 14 heteroatoms. The van der Waals surface area contributed by atoms with Crippen molar-refractivity contribution in [2.24, 2.45) is 5.92 Å². The van der Waals surface area contributed by atoms with Crippen LogP contribution in [-0.4, -0.2) is 108 Å². The molecule has 0 spiro atoms. The second-order valence-corrected chi connectivity index (χ2v) is 9.67. The van der Waals surface area contributed by atoms with Crippen molar-refractivity contribution in [2.45, 2.75) is 63.4 Å². The Morgan fingerprint density at radius 2 is 2.03 bits per heavy atom. The highest BCUT2D eigenvalue weighted by atomic mass is 16.6. The number of carbonyl (C=O) groups excluding carboxylic acids is 2. The van der Waals surface area contributed by atoms with Crippen LogP contribution in [0.2, 0.25) is 0 Å². The molecule has 192 valence electrons. The molecular formula is C21H31N7O7. The lowest BCUT2D eigenvalue weighted by molar-refractivity contribution is -0.185. The predicted octanol–water partition coefficient (Wildman–Crippen LogP) is -1.05. The number of imidazole rings is 1. The summed E-state index contributed by atoms with van der Waals surface area (Å²) < 4.78 is 11.1. The van der Waals surface area contributed by atoms with E-state index in [1.54, 1.807) is 20.8 Å². The standard InChI is InChI=1S/C21H31N7O7/c1-21(2,3)35-20(33)28-5-4-10(6-28)18(32)26-12-11(7-29)34-19(15(31)14(12)30)27-17-13-16(23-8-22-13)24-9-25-17/h8-12,14-15,19,29-31H,4-7H2,1-3H3,(H,26,32)(H2,22,23,24,25,27)/t10-,11-,12-,14+,15-,19-/m0/s1. The Hall–Kier alpha value is -3.07. The van der Waals surface area contributed by atoms with Crippen molar-refractivity contribution in [3.05, 3.63) is 12.7 Å². The minimum atomic E-state index is -1.46. The van der Waals surface area contributed by atoms with Gasteiger partial charge in [0.1, 0.15) is 35.8 Å². The van der Waals surface area contributed by atoms with Gasteiger partial charge in [-0.15, -0.1) is 0 Å². The second-order valence-electron chi connectivity index (χ2n) is 9.67. The third kappa shape index (κ3) is 5.45. The molecule has 2 aliphatic rings. The monoisotopic (exact) mass is 493 g/mol. The molecule has 2 saturated heterocycles. The molecule has 0 bridgehead atoms. The lowest BCUT2D eigenvalue weighted by Crippen LogP contribution is -2.66. The van der Waals surface area contributed by atoms with Gasteiger partial charge in [0.15, 0.2) is 17.7 Å². The number of hydrogen-bond donors (Lipinski definition) is 6. The average Bonchev–Trinajstić information content (AvgIpc) is 3.48. The van der Waals surface area contributed by atoms with Gasteiger partial charge in [0.2, 0.25) is 5.91 Å². The van der Waals surface area contributed by atoms with Crippen molar-refractivity contribution in [1.29, 1.82) is 0 Å². The Kier molecular flexibility index (Phi) is 7.07. The highest BCUT2D eigenvalue weighted by Gasteiger charge is 2.46. The molecule has 4 heterocycles. The van der Waals surface area contributed by atoms with Gasteiger partial charge in [0.25, 0.3) is 0 Å². The number of nitrogens with one attached hydrogen (secondary N) is 3. The number of hydrogen-bond acceptors (Lipinski definition) is 11. The summed E-state index contributed by atoms with van der Waals surface area (Å²) in [5.74, 6) is -0.663. The average molecular weight is 494 g/mol. The fourth-order valence-electron chi connectivity index (χ4n) is 4.18. The number of aromatic nitrogens is 4. The van der Waals surface area contributed by atoms with Crippen LogP contribution in [0.1, 0.15) is 27.2 Å². The van der Waals surface area contributed by atoms with E-state index in [0.29, 0.717) is 24.1 Å². The molecule has 2 aliphatic heterocycles. The summed E-state index contributed by atoms with van der Waals surface area (Å²) >= 11 is 0. The van der Waals surface area contributed by atoms with Gasteiger partial charge in [-0.2, -0.15) is 0 Å². The number of aliphatic hydroxyl groups is 3. The van der Waals surface area contributed by atoms with Crippen LogP contribution >= 0.6 is 0 Å². The van der Waals surface area contributed by atoms with Crippen molar-refractivity contribution in [1.82, 2.24) is 30.2 Å². The van der Waals surface area contributed by atoms with Crippen LogP contribution in [0.5, 0.6) is 0 Å². The maximum absolute atomic E-state index is 12.9. The molecule has 0 aliphatic carbocycles. The summed E-state index contributed by atoms with van der Waals surface area (Å²) in [7, 11) is 0. The molecule has 6 N–H and O–H groups in total. The molecule has 2 aromatic rings. The lowest BCUT2D eigenvalue weighted by atomic mass is 9.94. The first kappa shape index (κ1) is 25.0. The minimum Gasteiger partial charge on any atom is -0.444 e. The van der Waals surface area contributed by atoms with Crippen molar-refractivity contribution >= 4 is 29.0 Å². The van der Waals surface area contributed by atoms with Gasteiger partial charge in [0.05, 0.1) is 24.9 Å². The smallest absolute Gasteiger partial charge is 0.410 e. The number of H-pyrrole nitrogens is 1. The fourth-order valence-corrected chi connectivity index (χ4v) is 4.18. The topological polar surface area (TPSA) is 195 Å². The summed E-state index contributed by atoms with van der Waals surface area (Å²) in [4.78, 5) is 41.7. The van der Waals surface area contributed by atoms with E-state index in [2.05, 4.69) is 30.6 Å². The molecule has 2 aromatic heterocycles. The van der Waals surface area contributed by atoms with Crippen LogP contribution in [0.25, 0.3) is 11.2 Å². The van der Waals surface area contributed by atoms with Crippen molar-refractivity contribution in [3.8, 4) is 0 Å². The number of anilines is 1. The molecule has 4 rings (SSSR count). The maximum Gasteiger partial charge on any atom is 0.410 e. The Bertz CT molecular complexity index is 1060. The van der Waals surface area contributed by atoms with Gasteiger partial charge in [-0.1, -0.05) is 0 Å². The summed E-state index contributed by atoms with van der Waals surface area (Å²) in [6.07, 6.45) is -2.43. The zero-order chi connectivity index (χ0) is 25.3. The zero-order valence-electron chi connectivity index (χ0n) is 19.7. The molecule has 0 unspecified atom stereocenters. The molecule has 0 saturated carbocycles. The number of ether oxygens (including phenoxy) is 2. The second kappa shape index (κ2) is 9.89. The quantitative estimate of drug-likeness (QED) is 0.297.